The average molecular weight is 283 g/mol. The minimum absolute atomic E-state index is 0.661. The zero-order chi connectivity index (χ0) is 15.2. The molecule has 2 aromatic rings. The van der Waals surface area contributed by atoms with Gasteiger partial charge in [-0.05, 0) is 37.3 Å². The monoisotopic (exact) mass is 283 g/mol. The molecule has 0 spiro atoms. The van der Waals surface area contributed by atoms with Gasteiger partial charge in [-0.15, -0.1) is 0 Å². The minimum atomic E-state index is 0.661. The lowest BCUT2D eigenvalue weighted by Crippen LogP contribution is -2.04. The van der Waals surface area contributed by atoms with Crippen LogP contribution in [0.15, 0.2) is 30.3 Å². The largest absolute Gasteiger partial charge is 0.370 e. The van der Waals surface area contributed by atoms with Crippen molar-refractivity contribution in [2.24, 2.45) is 5.92 Å². The molecule has 0 radical (unpaired) electrons. The van der Waals surface area contributed by atoms with Gasteiger partial charge in [0, 0.05) is 18.2 Å². The minimum Gasteiger partial charge on any atom is -0.370 e. The molecule has 112 valence electrons. The molecule has 0 atom stereocenters. The van der Waals surface area contributed by atoms with E-state index in [0.717, 1.165) is 42.3 Å². The van der Waals surface area contributed by atoms with Gasteiger partial charge in [-0.25, -0.2) is 9.97 Å². The van der Waals surface area contributed by atoms with Gasteiger partial charge in [0.05, 0.1) is 5.69 Å². The molecule has 2 rings (SSSR count). The lowest BCUT2D eigenvalue weighted by atomic mass is 10.00. The van der Waals surface area contributed by atoms with E-state index in [1.165, 1.54) is 5.56 Å². The maximum absolute atomic E-state index is 4.58. The highest BCUT2D eigenvalue weighted by atomic mass is 15.0. The predicted octanol–water partition coefficient (Wildman–Crippen LogP) is 4.47. The Morgan fingerprint density at radius 3 is 2.67 bits per heavy atom. The van der Waals surface area contributed by atoms with Crippen molar-refractivity contribution in [3.63, 3.8) is 0 Å². The molecule has 0 unspecified atom stereocenters. The third-order valence-electron chi connectivity index (χ3n) is 3.26. The zero-order valence-electron chi connectivity index (χ0n) is 13.5. The van der Waals surface area contributed by atoms with E-state index >= 15 is 0 Å². The maximum atomic E-state index is 4.58. The van der Waals surface area contributed by atoms with Crippen molar-refractivity contribution < 1.29 is 0 Å². The third kappa shape index (κ3) is 4.55. The molecule has 0 aliphatic heterocycles. The van der Waals surface area contributed by atoms with Crippen LogP contribution in [0.4, 0.5) is 5.82 Å². The van der Waals surface area contributed by atoms with Gasteiger partial charge < -0.3 is 5.32 Å². The lowest BCUT2D eigenvalue weighted by molar-refractivity contribution is 0.647. The Morgan fingerprint density at radius 2 is 1.95 bits per heavy atom. The maximum Gasteiger partial charge on any atom is 0.130 e. The van der Waals surface area contributed by atoms with E-state index in [9.17, 15) is 0 Å². The van der Waals surface area contributed by atoms with Crippen molar-refractivity contribution in [1.29, 1.82) is 0 Å². The molecule has 1 heterocycles. The molecule has 0 saturated carbocycles. The van der Waals surface area contributed by atoms with E-state index in [2.05, 4.69) is 60.3 Å². The summed E-state index contributed by atoms with van der Waals surface area (Å²) in [4.78, 5) is 9.03. The second kappa shape index (κ2) is 7.21. The van der Waals surface area contributed by atoms with Crippen molar-refractivity contribution in [2.75, 3.05) is 11.9 Å². The molecular weight excluding hydrogens is 258 g/mol. The zero-order valence-corrected chi connectivity index (χ0v) is 13.5. The molecule has 0 saturated heterocycles. The van der Waals surface area contributed by atoms with Crippen LogP contribution in [0.25, 0.3) is 11.3 Å². The smallest absolute Gasteiger partial charge is 0.130 e. The average Bonchev–Trinajstić information content (AvgIpc) is 2.44. The molecule has 3 nitrogen and oxygen atoms in total. The number of nitrogens with one attached hydrogen (secondary N) is 1. The van der Waals surface area contributed by atoms with Gasteiger partial charge in [0.25, 0.3) is 0 Å². The molecule has 0 aliphatic rings. The van der Waals surface area contributed by atoms with Crippen molar-refractivity contribution in [2.45, 2.75) is 40.5 Å². The number of hydrogen-bond acceptors (Lipinski definition) is 3. The summed E-state index contributed by atoms with van der Waals surface area (Å²) in [6.45, 7) is 9.52. The summed E-state index contributed by atoms with van der Waals surface area (Å²) in [6, 6.07) is 10.7. The number of hydrogen-bond donors (Lipinski definition) is 1. The normalized spacial score (nSPS) is 10.9. The first-order valence-corrected chi connectivity index (χ1v) is 7.77. The van der Waals surface area contributed by atoms with E-state index < -0.39 is 0 Å². The summed E-state index contributed by atoms with van der Waals surface area (Å²) in [5, 5.41) is 3.34. The Labute approximate surface area is 127 Å². The fourth-order valence-corrected chi connectivity index (χ4v) is 2.39. The Balaban J connectivity index is 2.30. The summed E-state index contributed by atoms with van der Waals surface area (Å²) >= 11 is 0. The fraction of sp³-hybridized carbons (Fsp3) is 0.444. The second-order valence-corrected chi connectivity index (χ2v) is 5.91. The van der Waals surface area contributed by atoms with Crippen LogP contribution in [-0.2, 0) is 6.42 Å². The topological polar surface area (TPSA) is 37.8 Å². The highest BCUT2D eigenvalue weighted by molar-refractivity contribution is 5.63. The predicted molar refractivity (Wildman–Crippen MR) is 89.5 cm³/mol. The molecule has 0 fully saturated rings. The highest BCUT2D eigenvalue weighted by Crippen LogP contribution is 2.22. The molecule has 1 aromatic heterocycles. The van der Waals surface area contributed by atoms with Crippen molar-refractivity contribution in [3.05, 3.63) is 41.7 Å². The Morgan fingerprint density at radius 1 is 1.14 bits per heavy atom. The number of aryl methyl sites for hydroxylation is 1. The Kier molecular flexibility index (Phi) is 5.32. The summed E-state index contributed by atoms with van der Waals surface area (Å²) in [6.07, 6.45) is 2.18. The van der Waals surface area contributed by atoms with Crippen molar-refractivity contribution in [1.82, 2.24) is 9.97 Å². The second-order valence-electron chi connectivity index (χ2n) is 5.91. The number of aromatic nitrogens is 2. The SMILES string of the molecule is CCCNc1cc(-c2cccc(CC(C)C)c2)nc(C)n1. The quantitative estimate of drug-likeness (QED) is 0.849. The third-order valence-corrected chi connectivity index (χ3v) is 3.26. The van der Waals surface area contributed by atoms with Crippen LogP contribution in [0.1, 0.15) is 38.6 Å². The van der Waals surface area contributed by atoms with E-state index in [4.69, 9.17) is 0 Å². The first-order chi connectivity index (χ1) is 10.1. The molecular formula is C18H25N3. The number of anilines is 1. The first kappa shape index (κ1) is 15.5. The van der Waals surface area contributed by atoms with E-state index in [1.807, 2.05) is 13.0 Å². The molecule has 0 bridgehead atoms. The van der Waals surface area contributed by atoms with Gasteiger partial charge in [-0.2, -0.15) is 0 Å². The summed E-state index contributed by atoms with van der Waals surface area (Å²) < 4.78 is 0. The van der Waals surface area contributed by atoms with Crippen LogP contribution in [-0.4, -0.2) is 16.5 Å². The summed E-state index contributed by atoms with van der Waals surface area (Å²) in [5.41, 5.74) is 3.52. The van der Waals surface area contributed by atoms with Gasteiger partial charge in [-0.1, -0.05) is 39.0 Å². The van der Waals surface area contributed by atoms with Gasteiger partial charge in [-0.3, -0.25) is 0 Å². The molecule has 0 amide bonds. The van der Waals surface area contributed by atoms with E-state index in [1.54, 1.807) is 0 Å². The summed E-state index contributed by atoms with van der Waals surface area (Å²) in [5.74, 6) is 2.38. The molecule has 1 aromatic carbocycles. The van der Waals surface area contributed by atoms with Crippen molar-refractivity contribution >= 4 is 5.82 Å². The van der Waals surface area contributed by atoms with Crippen LogP contribution in [0.3, 0.4) is 0 Å². The standard InChI is InChI=1S/C18H25N3/c1-5-9-19-18-12-17(20-14(4)21-18)16-8-6-7-15(11-16)10-13(2)3/h6-8,11-13H,5,9-10H2,1-4H3,(H,19,20,21). The van der Waals surface area contributed by atoms with Gasteiger partial charge >= 0.3 is 0 Å². The van der Waals surface area contributed by atoms with E-state index in [-0.39, 0.29) is 0 Å². The number of benzene rings is 1. The molecule has 0 aliphatic carbocycles. The highest BCUT2D eigenvalue weighted by Gasteiger charge is 2.06. The Hall–Kier alpha value is -1.90. The van der Waals surface area contributed by atoms with Gasteiger partial charge in [0.2, 0.25) is 0 Å². The number of rotatable bonds is 6. The molecule has 21 heavy (non-hydrogen) atoms. The van der Waals surface area contributed by atoms with Crippen LogP contribution < -0.4 is 5.32 Å². The lowest BCUT2D eigenvalue weighted by Gasteiger charge is -2.10. The van der Waals surface area contributed by atoms with Crippen LogP contribution >= 0.6 is 0 Å². The number of nitrogens with zero attached hydrogens (tertiary/aromatic N) is 2. The fourth-order valence-electron chi connectivity index (χ4n) is 2.39. The molecule has 1 N–H and O–H groups in total. The molecule has 3 heteroatoms. The van der Waals surface area contributed by atoms with Gasteiger partial charge in [0.15, 0.2) is 0 Å². The van der Waals surface area contributed by atoms with Crippen LogP contribution in [0, 0.1) is 12.8 Å². The Bertz CT molecular complexity index is 591. The van der Waals surface area contributed by atoms with Crippen LogP contribution in [0.5, 0.6) is 0 Å². The van der Waals surface area contributed by atoms with E-state index in [0.29, 0.717) is 5.92 Å². The van der Waals surface area contributed by atoms with Crippen molar-refractivity contribution in [3.8, 4) is 11.3 Å². The summed E-state index contributed by atoms with van der Waals surface area (Å²) in [7, 11) is 0. The first-order valence-electron chi connectivity index (χ1n) is 7.77. The van der Waals surface area contributed by atoms with Gasteiger partial charge in [0.1, 0.15) is 11.6 Å². The van der Waals surface area contributed by atoms with Crippen LogP contribution in [0.2, 0.25) is 0 Å².